The number of aryl methyl sites for hydroxylation is 1. The van der Waals surface area contributed by atoms with Gasteiger partial charge in [-0.05, 0) is 62.3 Å². The number of carbonyl (C=O) groups is 1. The fraction of sp³-hybridized carbons (Fsp3) is 0.414. The molecule has 0 bridgehead atoms. The van der Waals surface area contributed by atoms with E-state index in [0.29, 0.717) is 61.7 Å². The molecule has 1 aromatic carbocycles. The van der Waals surface area contributed by atoms with Crippen molar-refractivity contribution in [2.45, 2.75) is 64.1 Å². The maximum absolute atomic E-state index is 15.0. The number of pyridine rings is 1. The summed E-state index contributed by atoms with van der Waals surface area (Å²) < 4.78 is 31.9. The summed E-state index contributed by atoms with van der Waals surface area (Å²) >= 11 is 0. The molecule has 2 N–H and O–H groups in total. The predicted octanol–water partition coefficient (Wildman–Crippen LogP) is 4.60. The minimum absolute atomic E-state index is 0.00871. The van der Waals surface area contributed by atoms with Crippen LogP contribution in [0.3, 0.4) is 0 Å². The van der Waals surface area contributed by atoms with Gasteiger partial charge >= 0.3 is 0 Å². The van der Waals surface area contributed by atoms with Gasteiger partial charge in [0.2, 0.25) is 11.9 Å². The molecule has 7 rings (SSSR count). The molecule has 0 unspecified atom stereocenters. The summed E-state index contributed by atoms with van der Waals surface area (Å²) in [6.07, 6.45) is 5.34. The van der Waals surface area contributed by atoms with E-state index in [1.54, 1.807) is 12.1 Å². The molecule has 9 nitrogen and oxygen atoms in total. The molecule has 2 aliphatic carbocycles. The molecule has 3 aliphatic rings. The quantitative estimate of drug-likeness (QED) is 0.365. The van der Waals surface area contributed by atoms with Crippen LogP contribution >= 0.6 is 0 Å². The van der Waals surface area contributed by atoms with Crippen LogP contribution in [0.4, 0.5) is 20.5 Å². The van der Waals surface area contributed by atoms with E-state index in [1.807, 2.05) is 22.5 Å². The number of halogens is 2. The monoisotopic (exact) mass is 545 g/mol. The number of fused-ring (bicyclic) bond motifs is 2. The van der Waals surface area contributed by atoms with E-state index >= 15 is 4.39 Å². The van der Waals surface area contributed by atoms with E-state index in [1.165, 1.54) is 6.07 Å². The van der Waals surface area contributed by atoms with Gasteiger partial charge in [-0.2, -0.15) is 0 Å². The molecular weight excluding hydrogens is 516 g/mol. The van der Waals surface area contributed by atoms with Gasteiger partial charge in [-0.25, -0.2) is 28.7 Å². The van der Waals surface area contributed by atoms with E-state index in [0.717, 1.165) is 36.1 Å². The first-order chi connectivity index (χ1) is 19.3. The molecule has 0 atom stereocenters. The molecule has 206 valence electrons. The second-order valence-corrected chi connectivity index (χ2v) is 11.2. The van der Waals surface area contributed by atoms with Crippen molar-refractivity contribution in [3.63, 3.8) is 0 Å². The van der Waals surface area contributed by atoms with Gasteiger partial charge in [-0.15, -0.1) is 0 Å². The minimum Gasteiger partial charge on any atom is -0.393 e. The Bertz CT molecular complexity index is 1650. The molecule has 40 heavy (non-hydrogen) atoms. The Morgan fingerprint density at radius 2 is 1.95 bits per heavy atom. The lowest BCUT2D eigenvalue weighted by Gasteiger charge is -2.34. The Morgan fingerprint density at radius 1 is 1.12 bits per heavy atom. The van der Waals surface area contributed by atoms with Crippen molar-refractivity contribution in [2.75, 3.05) is 11.9 Å². The smallest absolute Gasteiger partial charge is 0.229 e. The van der Waals surface area contributed by atoms with E-state index < -0.39 is 11.6 Å². The topological polar surface area (TPSA) is 109 Å². The zero-order valence-corrected chi connectivity index (χ0v) is 22.1. The first-order valence-corrected chi connectivity index (χ1v) is 13.7. The molecule has 1 amide bonds. The molecule has 4 heterocycles. The summed E-state index contributed by atoms with van der Waals surface area (Å²) in [7, 11) is 0. The van der Waals surface area contributed by atoms with Crippen LogP contribution in [-0.2, 0) is 17.8 Å². The van der Waals surface area contributed by atoms with E-state index in [9.17, 15) is 14.3 Å². The number of amides is 1. The number of imidazole rings is 1. The largest absolute Gasteiger partial charge is 0.393 e. The van der Waals surface area contributed by atoms with Crippen molar-refractivity contribution in [3.8, 4) is 11.3 Å². The Labute approximate surface area is 229 Å². The lowest BCUT2D eigenvalue weighted by atomic mass is 9.80. The fourth-order valence-corrected chi connectivity index (χ4v) is 5.89. The number of aliphatic hydroxyl groups excluding tert-OH is 1. The van der Waals surface area contributed by atoms with Crippen LogP contribution in [0.1, 0.15) is 55.2 Å². The molecule has 2 saturated carbocycles. The zero-order chi connectivity index (χ0) is 27.5. The van der Waals surface area contributed by atoms with Gasteiger partial charge in [0.15, 0.2) is 11.6 Å². The van der Waals surface area contributed by atoms with E-state index in [4.69, 9.17) is 4.98 Å². The van der Waals surface area contributed by atoms with Crippen LogP contribution in [0, 0.1) is 24.5 Å². The first kappa shape index (κ1) is 25.0. The summed E-state index contributed by atoms with van der Waals surface area (Å²) in [4.78, 5) is 32.1. The van der Waals surface area contributed by atoms with Gasteiger partial charge < -0.3 is 19.9 Å². The van der Waals surface area contributed by atoms with E-state index in [2.05, 4.69) is 20.3 Å². The Morgan fingerprint density at radius 3 is 2.73 bits per heavy atom. The molecule has 2 fully saturated rings. The van der Waals surface area contributed by atoms with Crippen LogP contribution in [0.15, 0.2) is 30.5 Å². The van der Waals surface area contributed by atoms with Crippen LogP contribution in [0.25, 0.3) is 22.3 Å². The van der Waals surface area contributed by atoms with Crippen molar-refractivity contribution >= 4 is 28.7 Å². The number of hydrogen-bond donors (Lipinski definition) is 2. The van der Waals surface area contributed by atoms with Crippen LogP contribution in [0.5, 0.6) is 0 Å². The molecule has 1 aliphatic heterocycles. The van der Waals surface area contributed by atoms with Crippen LogP contribution < -0.4 is 5.32 Å². The SMILES string of the molecule is Cc1nc2c(F)cc(-c3nc(Nc4ccc5c(n4)CCN(C(=O)CC4CC(O)C4)C5)ncc3F)cc2n1C1CC1. The van der Waals surface area contributed by atoms with Crippen molar-refractivity contribution in [1.82, 2.24) is 29.4 Å². The Balaban J connectivity index is 1.10. The van der Waals surface area contributed by atoms with E-state index in [-0.39, 0.29) is 35.1 Å². The van der Waals surface area contributed by atoms with Crippen molar-refractivity contribution in [2.24, 2.45) is 5.92 Å². The fourth-order valence-electron chi connectivity index (χ4n) is 5.89. The highest BCUT2D eigenvalue weighted by molar-refractivity contribution is 5.83. The highest BCUT2D eigenvalue weighted by Crippen LogP contribution is 2.40. The van der Waals surface area contributed by atoms with Crippen molar-refractivity contribution in [3.05, 3.63) is 59.2 Å². The standard InChI is InChI=1S/C29H29F2N7O2/c1-15-33-28-21(30)11-18(12-24(28)38(15)19-3-4-19)27-22(31)13-32-29(36-27)35-25-5-2-17-14-37(7-6-23(17)34-25)26(40)10-16-8-20(39)9-16/h2,5,11-13,16,19-20,39H,3-4,6-10,14H2,1H3,(H,32,34,35,36). The summed E-state index contributed by atoms with van der Waals surface area (Å²) in [5.41, 5.74) is 3.08. The average Bonchev–Trinajstić information content (AvgIpc) is 3.70. The number of anilines is 2. The second-order valence-electron chi connectivity index (χ2n) is 11.2. The predicted molar refractivity (Wildman–Crippen MR) is 144 cm³/mol. The number of aliphatic hydroxyl groups is 1. The third kappa shape index (κ3) is 4.57. The second kappa shape index (κ2) is 9.58. The maximum atomic E-state index is 15.0. The van der Waals surface area contributed by atoms with Crippen LogP contribution in [0.2, 0.25) is 0 Å². The molecule has 3 aromatic heterocycles. The van der Waals surface area contributed by atoms with Crippen molar-refractivity contribution < 1.29 is 18.7 Å². The number of nitrogens with one attached hydrogen (secondary N) is 1. The zero-order valence-electron chi connectivity index (χ0n) is 22.1. The summed E-state index contributed by atoms with van der Waals surface area (Å²) in [6, 6.07) is 7.00. The Hall–Kier alpha value is -3.99. The number of aromatic nitrogens is 5. The Kier molecular flexibility index (Phi) is 5.99. The molecule has 0 spiro atoms. The molecule has 0 saturated heterocycles. The van der Waals surface area contributed by atoms with Gasteiger partial charge in [-0.1, -0.05) is 6.07 Å². The summed E-state index contributed by atoms with van der Waals surface area (Å²) in [6.45, 7) is 2.94. The number of nitrogens with zero attached hydrogens (tertiary/aromatic N) is 6. The lowest BCUT2D eigenvalue weighted by Crippen LogP contribution is -2.39. The van der Waals surface area contributed by atoms with Crippen molar-refractivity contribution in [1.29, 1.82) is 0 Å². The average molecular weight is 546 g/mol. The van der Waals surface area contributed by atoms with Gasteiger partial charge in [0.05, 0.1) is 17.8 Å². The first-order valence-electron chi connectivity index (χ1n) is 13.7. The molecular formula is C29H29F2N7O2. The van der Waals surface area contributed by atoms with Crippen LogP contribution in [-0.4, -0.2) is 53.1 Å². The molecule has 4 aromatic rings. The lowest BCUT2D eigenvalue weighted by molar-refractivity contribution is -0.134. The molecule has 11 heteroatoms. The van der Waals surface area contributed by atoms with Gasteiger partial charge in [0, 0.05) is 43.2 Å². The highest BCUT2D eigenvalue weighted by Gasteiger charge is 2.32. The maximum Gasteiger partial charge on any atom is 0.229 e. The van der Waals surface area contributed by atoms with Gasteiger partial charge in [0.25, 0.3) is 0 Å². The summed E-state index contributed by atoms with van der Waals surface area (Å²) in [5, 5.41) is 12.5. The summed E-state index contributed by atoms with van der Waals surface area (Å²) in [5.74, 6) is 0.604. The number of rotatable bonds is 6. The third-order valence-corrected chi connectivity index (χ3v) is 8.17. The third-order valence-electron chi connectivity index (χ3n) is 8.17. The number of benzene rings is 1. The normalized spacial score (nSPS) is 20.4. The molecule has 0 radical (unpaired) electrons. The number of hydrogen-bond acceptors (Lipinski definition) is 7. The van der Waals surface area contributed by atoms with Gasteiger partial charge in [0.1, 0.15) is 22.9 Å². The minimum atomic E-state index is -0.655. The number of carbonyl (C=O) groups excluding carboxylic acids is 1. The highest BCUT2D eigenvalue weighted by atomic mass is 19.1. The van der Waals surface area contributed by atoms with Gasteiger partial charge in [-0.3, -0.25) is 4.79 Å².